The van der Waals surface area contributed by atoms with Crippen molar-refractivity contribution in [2.24, 2.45) is 0 Å². The lowest BCUT2D eigenvalue weighted by Crippen LogP contribution is -2.47. The van der Waals surface area contributed by atoms with Crippen LogP contribution in [0.15, 0.2) is 22.5 Å². The second-order valence-corrected chi connectivity index (χ2v) is 11.4. The largest absolute Gasteiger partial charge is 0.335 e. The van der Waals surface area contributed by atoms with Gasteiger partial charge in [0, 0.05) is 17.1 Å². The molecule has 26 heavy (non-hydrogen) atoms. The highest BCUT2D eigenvalue weighted by molar-refractivity contribution is 8.01. The summed E-state index contributed by atoms with van der Waals surface area (Å²) in [5.41, 5.74) is 0.832. The Labute approximate surface area is 167 Å². The molecule has 2 atom stereocenters. The zero-order valence-corrected chi connectivity index (χ0v) is 17.8. The van der Waals surface area contributed by atoms with E-state index in [0.29, 0.717) is 11.4 Å². The Morgan fingerprint density at radius 2 is 2.27 bits per heavy atom. The molecular formula is C17H21ClN2O3S3. The number of sulfone groups is 1. The summed E-state index contributed by atoms with van der Waals surface area (Å²) in [4.78, 5) is 19.2. The van der Waals surface area contributed by atoms with Crippen LogP contribution >= 0.6 is 34.7 Å². The van der Waals surface area contributed by atoms with Gasteiger partial charge in [-0.1, -0.05) is 30.3 Å². The van der Waals surface area contributed by atoms with Crippen LogP contribution in [0.2, 0.25) is 5.02 Å². The van der Waals surface area contributed by atoms with E-state index < -0.39 is 9.84 Å². The van der Waals surface area contributed by atoms with Crippen molar-refractivity contribution >= 4 is 60.7 Å². The van der Waals surface area contributed by atoms with Gasteiger partial charge < -0.3 is 4.90 Å². The van der Waals surface area contributed by atoms with Crippen LogP contribution in [-0.2, 0) is 14.6 Å². The number of thioether (sulfide) groups is 1. The van der Waals surface area contributed by atoms with Gasteiger partial charge in [-0.15, -0.1) is 11.3 Å². The molecule has 0 bridgehead atoms. The molecule has 1 aromatic carbocycles. The highest BCUT2D eigenvalue weighted by Crippen LogP contribution is 2.32. The number of nitrogens with zero attached hydrogens (tertiary/aromatic N) is 2. The molecule has 0 N–H and O–H groups in total. The van der Waals surface area contributed by atoms with Gasteiger partial charge >= 0.3 is 0 Å². The maximum atomic E-state index is 12.9. The monoisotopic (exact) mass is 432 g/mol. The molecule has 0 spiro atoms. The van der Waals surface area contributed by atoms with Gasteiger partial charge in [0.2, 0.25) is 5.91 Å². The number of benzene rings is 1. The highest BCUT2D eigenvalue weighted by Gasteiger charge is 2.36. The number of amides is 1. The van der Waals surface area contributed by atoms with Crippen molar-refractivity contribution in [2.45, 2.75) is 43.1 Å². The van der Waals surface area contributed by atoms with Crippen molar-refractivity contribution < 1.29 is 13.2 Å². The van der Waals surface area contributed by atoms with Crippen LogP contribution < -0.4 is 0 Å². The summed E-state index contributed by atoms with van der Waals surface area (Å²) in [6, 6.07) is 5.38. The van der Waals surface area contributed by atoms with Gasteiger partial charge in [0.05, 0.1) is 27.5 Å². The molecule has 5 nitrogen and oxygen atoms in total. The fraction of sp³-hybridized carbons (Fsp3) is 0.529. The van der Waals surface area contributed by atoms with Gasteiger partial charge in [0.1, 0.15) is 0 Å². The molecule has 1 amide bonds. The second kappa shape index (κ2) is 8.04. The predicted octanol–water partition coefficient (Wildman–Crippen LogP) is 3.86. The summed E-state index contributed by atoms with van der Waals surface area (Å²) in [6.07, 6.45) is 1.33. The third-order valence-electron chi connectivity index (χ3n) is 4.60. The van der Waals surface area contributed by atoms with Crippen molar-refractivity contribution in [1.29, 1.82) is 0 Å². The minimum Gasteiger partial charge on any atom is -0.335 e. The first-order chi connectivity index (χ1) is 12.3. The fourth-order valence-electron chi connectivity index (χ4n) is 3.14. The van der Waals surface area contributed by atoms with Gasteiger partial charge in [0.15, 0.2) is 14.2 Å². The first-order valence-electron chi connectivity index (χ1n) is 8.49. The van der Waals surface area contributed by atoms with Crippen LogP contribution in [0.25, 0.3) is 10.2 Å². The molecule has 1 aromatic heterocycles. The van der Waals surface area contributed by atoms with Crippen molar-refractivity contribution in [3.8, 4) is 0 Å². The third kappa shape index (κ3) is 4.52. The van der Waals surface area contributed by atoms with Gasteiger partial charge in [-0.05, 0) is 38.0 Å². The SMILES string of the molecule is CC[C@@H](C)N(C(=O)CSc1nc2cc(Cl)ccc2s1)[C@@H]1CCS(=O)(=O)C1. The van der Waals surface area contributed by atoms with E-state index in [1.807, 2.05) is 32.0 Å². The molecule has 1 fully saturated rings. The lowest BCUT2D eigenvalue weighted by molar-refractivity contribution is -0.132. The standard InChI is InChI=1S/C17H21ClN2O3S3/c1-3-11(2)20(13-6-7-26(22,23)10-13)16(21)9-24-17-19-14-8-12(18)4-5-15(14)25-17/h4-5,8,11,13H,3,6-7,9-10H2,1-2H3/t11-,13-/m1/s1. The lowest BCUT2D eigenvalue weighted by Gasteiger charge is -2.33. The molecule has 1 aliphatic heterocycles. The van der Waals surface area contributed by atoms with Gasteiger partial charge in [-0.3, -0.25) is 4.79 Å². The van der Waals surface area contributed by atoms with E-state index in [9.17, 15) is 13.2 Å². The third-order valence-corrected chi connectivity index (χ3v) is 8.75. The number of hydrogen-bond acceptors (Lipinski definition) is 6. The molecule has 142 valence electrons. The number of aromatic nitrogens is 1. The Bertz CT molecular complexity index is 913. The first kappa shape index (κ1) is 19.9. The molecule has 3 rings (SSSR count). The number of fused-ring (bicyclic) bond motifs is 1. The van der Waals surface area contributed by atoms with E-state index in [1.54, 1.807) is 4.90 Å². The van der Waals surface area contributed by atoms with E-state index in [-0.39, 0.29) is 35.2 Å². The first-order valence-corrected chi connectivity index (χ1v) is 12.5. The molecule has 1 saturated heterocycles. The smallest absolute Gasteiger partial charge is 0.233 e. The van der Waals surface area contributed by atoms with Gasteiger partial charge in [-0.25, -0.2) is 13.4 Å². The second-order valence-electron chi connectivity index (χ2n) is 6.50. The van der Waals surface area contributed by atoms with E-state index in [2.05, 4.69) is 4.98 Å². The van der Waals surface area contributed by atoms with Crippen LogP contribution in [0.1, 0.15) is 26.7 Å². The Morgan fingerprint density at radius 3 is 2.92 bits per heavy atom. The van der Waals surface area contributed by atoms with E-state index in [4.69, 9.17) is 11.6 Å². The molecule has 2 aromatic rings. The maximum Gasteiger partial charge on any atom is 0.233 e. The van der Waals surface area contributed by atoms with Crippen molar-refractivity contribution in [2.75, 3.05) is 17.3 Å². The Morgan fingerprint density at radius 1 is 1.50 bits per heavy atom. The predicted molar refractivity (Wildman–Crippen MR) is 109 cm³/mol. The number of thiazole rings is 1. The molecular weight excluding hydrogens is 412 g/mol. The summed E-state index contributed by atoms with van der Waals surface area (Å²) in [5.74, 6) is 0.481. The van der Waals surface area contributed by atoms with Crippen LogP contribution in [-0.4, -0.2) is 53.6 Å². The van der Waals surface area contributed by atoms with Crippen molar-refractivity contribution in [3.05, 3.63) is 23.2 Å². The number of hydrogen-bond donors (Lipinski definition) is 0. The Hall–Kier alpha value is -0.830. The van der Waals surface area contributed by atoms with E-state index in [0.717, 1.165) is 21.0 Å². The van der Waals surface area contributed by atoms with Crippen LogP contribution in [0.4, 0.5) is 0 Å². The van der Waals surface area contributed by atoms with Crippen molar-refractivity contribution in [3.63, 3.8) is 0 Å². The number of carbonyl (C=O) groups is 1. The lowest BCUT2D eigenvalue weighted by atomic mass is 10.1. The highest BCUT2D eigenvalue weighted by atomic mass is 35.5. The average Bonchev–Trinajstić information content (AvgIpc) is 3.15. The molecule has 2 heterocycles. The zero-order chi connectivity index (χ0) is 18.9. The van der Waals surface area contributed by atoms with E-state index >= 15 is 0 Å². The van der Waals surface area contributed by atoms with E-state index in [1.165, 1.54) is 23.1 Å². The fourth-order valence-corrected chi connectivity index (χ4v) is 6.94. The minimum atomic E-state index is -3.03. The molecule has 0 unspecified atom stereocenters. The summed E-state index contributed by atoms with van der Waals surface area (Å²) in [5, 5.41) is 0.640. The average molecular weight is 433 g/mol. The zero-order valence-electron chi connectivity index (χ0n) is 14.6. The van der Waals surface area contributed by atoms with Gasteiger partial charge in [0.25, 0.3) is 0 Å². The van der Waals surface area contributed by atoms with Crippen molar-refractivity contribution in [1.82, 2.24) is 9.88 Å². The molecule has 9 heteroatoms. The normalized spacial score (nSPS) is 20.3. The molecule has 0 radical (unpaired) electrons. The minimum absolute atomic E-state index is 0.0237. The van der Waals surface area contributed by atoms with Gasteiger partial charge in [-0.2, -0.15) is 0 Å². The molecule has 0 saturated carbocycles. The topological polar surface area (TPSA) is 67.3 Å². The van der Waals surface area contributed by atoms with Crippen LogP contribution in [0.3, 0.4) is 0 Å². The number of halogens is 1. The van der Waals surface area contributed by atoms with Crippen LogP contribution in [0.5, 0.6) is 0 Å². The Kier molecular flexibility index (Phi) is 6.16. The van der Waals surface area contributed by atoms with Crippen LogP contribution in [0, 0.1) is 0 Å². The number of rotatable bonds is 6. The summed E-state index contributed by atoms with van der Waals surface area (Å²) >= 11 is 8.92. The summed E-state index contributed by atoms with van der Waals surface area (Å²) in [6.45, 7) is 3.99. The molecule has 0 aliphatic carbocycles. The quantitative estimate of drug-likeness (QED) is 0.648. The summed E-state index contributed by atoms with van der Waals surface area (Å²) < 4.78 is 25.5. The summed E-state index contributed by atoms with van der Waals surface area (Å²) in [7, 11) is -3.03. The molecule has 1 aliphatic rings. The maximum absolute atomic E-state index is 12.9. The Balaban J connectivity index is 1.70. The number of carbonyl (C=O) groups excluding carboxylic acids is 1.